The predicted octanol–water partition coefficient (Wildman–Crippen LogP) is 2.75. The molecule has 0 amide bonds. The summed E-state index contributed by atoms with van der Waals surface area (Å²) in [5.74, 6) is 0. The summed E-state index contributed by atoms with van der Waals surface area (Å²) >= 11 is 6.64. The van der Waals surface area contributed by atoms with E-state index in [4.69, 9.17) is 21.1 Å². The topological polar surface area (TPSA) is 99.4 Å². The summed E-state index contributed by atoms with van der Waals surface area (Å²) in [6.07, 6.45) is -2.44. The number of halogens is 1. The first-order valence-corrected chi connectivity index (χ1v) is 11.7. The molecule has 4 N–H and O–H groups in total. The second kappa shape index (κ2) is 12.1. The van der Waals surface area contributed by atoms with Gasteiger partial charge in [-0.3, -0.25) is 0 Å². The number of hydrogen-bond donors (Lipinski definition) is 4. The van der Waals surface area contributed by atoms with E-state index in [9.17, 15) is 20.4 Å². The average Bonchev–Trinajstić information content (AvgIpc) is 2.83. The number of benzene rings is 2. The first kappa shape index (κ1) is 25.8. The number of rotatable bonds is 10. The van der Waals surface area contributed by atoms with Crippen LogP contribution in [0.2, 0.25) is 5.02 Å². The molecule has 1 aliphatic heterocycles. The number of ether oxygens (including phenoxy) is 2. The fourth-order valence-corrected chi connectivity index (χ4v) is 4.37. The summed E-state index contributed by atoms with van der Waals surface area (Å²) < 4.78 is 11.4. The van der Waals surface area contributed by atoms with Crippen LogP contribution in [0.4, 0.5) is 0 Å². The standard InChI is InChI=1S/C26H33ClO6/c1-3-10-32-11-9-18-14-21(27)19(12-17-7-5-16(4-2)6-8-17)13-20(18)26-25(31)24(30)23(29)22(15-28)33-26/h3,5-8,13-14,22-26,28-31H,1,4,9-12,15H2,2H3/t22-,23-,24+,25-,26+/m1/s1. The number of hydrogen-bond acceptors (Lipinski definition) is 6. The van der Waals surface area contributed by atoms with Gasteiger partial charge in [-0.15, -0.1) is 6.58 Å². The van der Waals surface area contributed by atoms with Gasteiger partial charge in [0.15, 0.2) is 0 Å². The molecule has 0 bridgehead atoms. The Bertz CT molecular complexity index is 914. The highest BCUT2D eigenvalue weighted by Gasteiger charge is 2.44. The molecule has 1 saturated heterocycles. The van der Waals surface area contributed by atoms with Crippen molar-refractivity contribution in [1.82, 2.24) is 0 Å². The van der Waals surface area contributed by atoms with Crippen molar-refractivity contribution in [2.75, 3.05) is 19.8 Å². The van der Waals surface area contributed by atoms with E-state index in [2.05, 4.69) is 37.8 Å². The Morgan fingerprint density at radius 3 is 2.36 bits per heavy atom. The van der Waals surface area contributed by atoms with E-state index in [0.717, 1.165) is 23.1 Å². The first-order chi connectivity index (χ1) is 15.9. The summed E-state index contributed by atoms with van der Waals surface area (Å²) in [7, 11) is 0. The van der Waals surface area contributed by atoms with E-state index >= 15 is 0 Å². The van der Waals surface area contributed by atoms with Crippen LogP contribution in [-0.2, 0) is 28.7 Å². The van der Waals surface area contributed by atoms with Gasteiger partial charge in [0.25, 0.3) is 0 Å². The van der Waals surface area contributed by atoms with Gasteiger partial charge >= 0.3 is 0 Å². The third-order valence-electron chi connectivity index (χ3n) is 6.08. The summed E-state index contributed by atoms with van der Waals surface area (Å²) in [6, 6.07) is 12.0. The molecule has 2 aromatic carbocycles. The van der Waals surface area contributed by atoms with Crippen molar-refractivity contribution in [3.63, 3.8) is 0 Å². The lowest BCUT2D eigenvalue weighted by molar-refractivity contribution is -0.231. The minimum absolute atomic E-state index is 0.407. The van der Waals surface area contributed by atoms with Gasteiger partial charge in [0.2, 0.25) is 0 Å². The fourth-order valence-electron chi connectivity index (χ4n) is 4.12. The van der Waals surface area contributed by atoms with Gasteiger partial charge in [-0.05, 0) is 53.1 Å². The van der Waals surface area contributed by atoms with Gasteiger partial charge < -0.3 is 29.9 Å². The monoisotopic (exact) mass is 476 g/mol. The maximum absolute atomic E-state index is 10.7. The lowest BCUT2D eigenvalue weighted by atomic mass is 9.87. The highest BCUT2D eigenvalue weighted by atomic mass is 35.5. The lowest BCUT2D eigenvalue weighted by Crippen LogP contribution is -2.55. The lowest BCUT2D eigenvalue weighted by Gasteiger charge is -2.41. The van der Waals surface area contributed by atoms with Gasteiger partial charge in [0, 0.05) is 5.02 Å². The van der Waals surface area contributed by atoms with Gasteiger partial charge in [0.05, 0.1) is 19.8 Å². The highest BCUT2D eigenvalue weighted by molar-refractivity contribution is 6.31. The van der Waals surface area contributed by atoms with Crippen molar-refractivity contribution >= 4 is 11.6 Å². The van der Waals surface area contributed by atoms with Gasteiger partial charge in [0.1, 0.15) is 30.5 Å². The van der Waals surface area contributed by atoms with E-state index in [0.29, 0.717) is 36.6 Å². The van der Waals surface area contributed by atoms with Crippen LogP contribution >= 0.6 is 11.6 Å². The van der Waals surface area contributed by atoms with Crippen molar-refractivity contribution in [3.8, 4) is 0 Å². The number of aryl methyl sites for hydroxylation is 1. The molecular weight excluding hydrogens is 444 g/mol. The third kappa shape index (κ3) is 6.22. The molecule has 0 radical (unpaired) electrons. The number of aliphatic hydroxyl groups excluding tert-OH is 4. The van der Waals surface area contributed by atoms with Crippen LogP contribution in [0.1, 0.15) is 40.8 Å². The summed E-state index contributed by atoms with van der Waals surface area (Å²) in [5.41, 5.74) is 4.65. The highest BCUT2D eigenvalue weighted by Crippen LogP contribution is 2.37. The SMILES string of the molecule is C=CCOCCc1cc(Cl)c(Cc2ccc(CC)cc2)cc1[C@@H]1O[C@H](CO)[C@@H](O)[C@H](O)[C@H]1O. The molecule has 1 heterocycles. The summed E-state index contributed by atoms with van der Waals surface area (Å²) in [5, 5.41) is 41.4. The minimum atomic E-state index is -1.45. The van der Waals surface area contributed by atoms with E-state index in [1.165, 1.54) is 5.56 Å². The van der Waals surface area contributed by atoms with Gasteiger partial charge in [-0.1, -0.05) is 54.9 Å². The maximum Gasteiger partial charge on any atom is 0.113 e. The minimum Gasteiger partial charge on any atom is -0.394 e. The van der Waals surface area contributed by atoms with Crippen LogP contribution in [0.15, 0.2) is 49.1 Å². The smallest absolute Gasteiger partial charge is 0.113 e. The fraction of sp³-hybridized carbons (Fsp3) is 0.462. The molecule has 0 unspecified atom stereocenters. The average molecular weight is 477 g/mol. The van der Waals surface area contributed by atoms with Crippen molar-refractivity contribution in [1.29, 1.82) is 0 Å². The molecular formula is C26H33ClO6. The summed E-state index contributed by atoms with van der Waals surface area (Å²) in [4.78, 5) is 0. The zero-order chi connectivity index (χ0) is 24.0. The molecule has 3 rings (SSSR count). The third-order valence-corrected chi connectivity index (χ3v) is 6.44. The zero-order valence-electron chi connectivity index (χ0n) is 18.9. The molecule has 33 heavy (non-hydrogen) atoms. The molecule has 0 aliphatic carbocycles. The van der Waals surface area contributed by atoms with Crippen LogP contribution < -0.4 is 0 Å². The molecule has 2 aromatic rings. The van der Waals surface area contributed by atoms with Crippen molar-refractivity contribution in [2.24, 2.45) is 0 Å². The van der Waals surface area contributed by atoms with E-state index in [1.807, 2.05) is 12.1 Å². The molecule has 180 valence electrons. The normalized spacial score (nSPS) is 25.2. The molecule has 0 spiro atoms. The quantitative estimate of drug-likeness (QED) is 0.311. The van der Waals surface area contributed by atoms with Crippen LogP contribution in [-0.4, -0.2) is 64.7 Å². The Kier molecular flexibility index (Phi) is 9.47. The Labute approximate surface area is 200 Å². The second-order valence-electron chi connectivity index (χ2n) is 8.35. The molecule has 1 aliphatic rings. The van der Waals surface area contributed by atoms with Gasteiger partial charge in [-0.2, -0.15) is 0 Å². The van der Waals surface area contributed by atoms with Crippen LogP contribution in [0, 0.1) is 0 Å². The molecule has 0 aromatic heterocycles. The van der Waals surface area contributed by atoms with E-state index < -0.39 is 37.1 Å². The van der Waals surface area contributed by atoms with Crippen LogP contribution in [0.25, 0.3) is 0 Å². The van der Waals surface area contributed by atoms with Gasteiger partial charge in [-0.25, -0.2) is 0 Å². The number of aliphatic hydroxyl groups is 4. The van der Waals surface area contributed by atoms with Crippen molar-refractivity contribution < 1.29 is 29.9 Å². The molecule has 1 fully saturated rings. The maximum atomic E-state index is 10.7. The Balaban J connectivity index is 1.96. The van der Waals surface area contributed by atoms with E-state index in [1.54, 1.807) is 6.08 Å². The van der Waals surface area contributed by atoms with Crippen molar-refractivity contribution in [3.05, 3.63) is 81.9 Å². The Hall–Kier alpha value is -1.77. The van der Waals surface area contributed by atoms with E-state index in [-0.39, 0.29) is 0 Å². The molecule has 6 nitrogen and oxygen atoms in total. The second-order valence-corrected chi connectivity index (χ2v) is 8.76. The predicted molar refractivity (Wildman–Crippen MR) is 128 cm³/mol. The van der Waals surface area contributed by atoms with Crippen LogP contribution in [0.5, 0.6) is 0 Å². The molecule has 5 atom stereocenters. The van der Waals surface area contributed by atoms with Crippen molar-refractivity contribution in [2.45, 2.75) is 56.7 Å². The first-order valence-electron chi connectivity index (χ1n) is 11.3. The summed E-state index contributed by atoms with van der Waals surface area (Å²) in [6.45, 7) is 6.08. The Morgan fingerprint density at radius 1 is 1.03 bits per heavy atom. The van der Waals surface area contributed by atoms with Crippen LogP contribution in [0.3, 0.4) is 0 Å². The largest absolute Gasteiger partial charge is 0.394 e. The zero-order valence-corrected chi connectivity index (χ0v) is 19.6. The molecule has 7 heteroatoms. The molecule has 0 saturated carbocycles. The Morgan fingerprint density at radius 2 is 1.73 bits per heavy atom.